The highest BCUT2D eigenvalue weighted by Crippen LogP contribution is 2.22. The third kappa shape index (κ3) is 3.14. The molecule has 24 heavy (non-hydrogen) atoms. The molecule has 6 nitrogen and oxygen atoms in total. The first-order chi connectivity index (χ1) is 11.6. The molecule has 0 aliphatic carbocycles. The number of nitrogens with one attached hydrogen (secondary N) is 1. The molecular weight excluding hydrogens is 302 g/mol. The van der Waals surface area contributed by atoms with Crippen molar-refractivity contribution in [3.63, 3.8) is 0 Å². The molecule has 124 valence electrons. The van der Waals surface area contributed by atoms with Gasteiger partial charge in [0, 0.05) is 24.5 Å². The first-order valence-electron chi connectivity index (χ1n) is 7.85. The second-order valence-electron chi connectivity index (χ2n) is 6.00. The van der Waals surface area contributed by atoms with Crippen molar-refractivity contribution < 1.29 is 4.79 Å². The standard InChI is InChI=1S/C18H21N5O/c1-13-7-4-5-8-15(13)16(22(2)3)18(24)20-11-14-12-21-23-10-6-9-19-17(14)23/h4-10,12,16H,11H2,1-3H3,(H,20,24)/t16-/m0/s1. The molecule has 1 N–H and O–H groups in total. The molecule has 0 aliphatic rings. The van der Waals surface area contributed by atoms with E-state index in [0.717, 1.165) is 22.3 Å². The van der Waals surface area contributed by atoms with Crippen LogP contribution in [0.1, 0.15) is 22.7 Å². The fourth-order valence-electron chi connectivity index (χ4n) is 2.83. The Kier molecular flexibility index (Phi) is 4.57. The molecule has 2 heterocycles. The number of nitrogens with zero attached hydrogens (tertiary/aromatic N) is 4. The van der Waals surface area contributed by atoms with Gasteiger partial charge in [-0.2, -0.15) is 5.10 Å². The second kappa shape index (κ2) is 6.80. The number of rotatable bonds is 5. The van der Waals surface area contributed by atoms with E-state index in [1.54, 1.807) is 16.9 Å². The van der Waals surface area contributed by atoms with Gasteiger partial charge in [-0.15, -0.1) is 0 Å². The highest BCUT2D eigenvalue weighted by molar-refractivity contribution is 5.83. The van der Waals surface area contributed by atoms with E-state index in [-0.39, 0.29) is 11.9 Å². The summed E-state index contributed by atoms with van der Waals surface area (Å²) in [6.45, 7) is 2.42. The average molecular weight is 323 g/mol. The number of hydrogen-bond acceptors (Lipinski definition) is 4. The highest BCUT2D eigenvalue weighted by Gasteiger charge is 2.24. The molecule has 2 aromatic heterocycles. The van der Waals surface area contributed by atoms with Gasteiger partial charge in [0.15, 0.2) is 5.65 Å². The first kappa shape index (κ1) is 16.1. The van der Waals surface area contributed by atoms with Crippen LogP contribution in [0.15, 0.2) is 48.9 Å². The van der Waals surface area contributed by atoms with Crippen LogP contribution in [0, 0.1) is 6.92 Å². The molecule has 3 rings (SSSR count). The van der Waals surface area contributed by atoms with Gasteiger partial charge < -0.3 is 5.32 Å². The van der Waals surface area contributed by atoms with Crippen LogP contribution in [0.2, 0.25) is 0 Å². The van der Waals surface area contributed by atoms with Crippen LogP contribution >= 0.6 is 0 Å². The van der Waals surface area contributed by atoms with Crippen molar-refractivity contribution in [3.8, 4) is 0 Å². The Balaban J connectivity index is 1.78. The monoisotopic (exact) mass is 323 g/mol. The lowest BCUT2D eigenvalue weighted by Gasteiger charge is -2.25. The summed E-state index contributed by atoms with van der Waals surface area (Å²) in [4.78, 5) is 19.0. The summed E-state index contributed by atoms with van der Waals surface area (Å²) in [5.41, 5.74) is 3.77. The van der Waals surface area contributed by atoms with E-state index < -0.39 is 0 Å². The topological polar surface area (TPSA) is 62.5 Å². The molecule has 0 radical (unpaired) electrons. The Morgan fingerprint density at radius 3 is 2.83 bits per heavy atom. The van der Waals surface area contributed by atoms with Gasteiger partial charge in [0.1, 0.15) is 6.04 Å². The van der Waals surface area contributed by atoms with Gasteiger partial charge in [-0.05, 0) is 38.2 Å². The highest BCUT2D eigenvalue weighted by atomic mass is 16.2. The molecule has 0 fully saturated rings. The van der Waals surface area contributed by atoms with Gasteiger partial charge in [-0.1, -0.05) is 24.3 Å². The molecule has 1 amide bonds. The van der Waals surface area contributed by atoms with E-state index in [9.17, 15) is 4.79 Å². The third-order valence-electron chi connectivity index (χ3n) is 4.05. The van der Waals surface area contributed by atoms with Gasteiger partial charge in [-0.25, -0.2) is 9.50 Å². The number of benzene rings is 1. The summed E-state index contributed by atoms with van der Waals surface area (Å²) in [6, 6.07) is 9.45. The summed E-state index contributed by atoms with van der Waals surface area (Å²) in [7, 11) is 3.82. The van der Waals surface area contributed by atoms with Crippen molar-refractivity contribution >= 4 is 11.6 Å². The zero-order chi connectivity index (χ0) is 17.1. The summed E-state index contributed by atoms with van der Waals surface area (Å²) >= 11 is 0. The summed E-state index contributed by atoms with van der Waals surface area (Å²) in [6.07, 6.45) is 5.29. The van der Waals surface area contributed by atoms with E-state index >= 15 is 0 Å². The number of aromatic nitrogens is 3. The molecule has 0 saturated heterocycles. The van der Waals surface area contributed by atoms with Gasteiger partial charge in [-0.3, -0.25) is 9.69 Å². The van der Waals surface area contributed by atoms with Crippen molar-refractivity contribution in [3.05, 3.63) is 65.6 Å². The van der Waals surface area contributed by atoms with Crippen molar-refractivity contribution in [1.29, 1.82) is 0 Å². The third-order valence-corrected chi connectivity index (χ3v) is 4.05. The van der Waals surface area contributed by atoms with Crippen LogP contribution < -0.4 is 5.32 Å². The van der Waals surface area contributed by atoms with Gasteiger partial charge in [0.25, 0.3) is 0 Å². The van der Waals surface area contributed by atoms with Crippen LogP contribution in [0.3, 0.4) is 0 Å². The van der Waals surface area contributed by atoms with Gasteiger partial charge in [0.2, 0.25) is 5.91 Å². The summed E-state index contributed by atoms with van der Waals surface area (Å²) in [5.74, 6) is -0.0374. The van der Waals surface area contributed by atoms with Crippen molar-refractivity contribution in [2.75, 3.05) is 14.1 Å². The zero-order valence-corrected chi connectivity index (χ0v) is 14.1. The maximum atomic E-state index is 12.8. The lowest BCUT2D eigenvalue weighted by atomic mass is 10.00. The molecule has 0 aliphatic heterocycles. The van der Waals surface area contributed by atoms with Gasteiger partial charge >= 0.3 is 0 Å². The Morgan fingerprint density at radius 2 is 2.08 bits per heavy atom. The predicted molar refractivity (Wildman–Crippen MR) is 92.4 cm³/mol. The van der Waals surface area contributed by atoms with Crippen LogP contribution in [-0.4, -0.2) is 39.5 Å². The number of fused-ring (bicyclic) bond motifs is 1. The lowest BCUT2D eigenvalue weighted by molar-refractivity contribution is -0.125. The number of hydrogen-bond donors (Lipinski definition) is 1. The predicted octanol–water partition coefficient (Wildman–Crippen LogP) is 1.96. The Morgan fingerprint density at radius 1 is 1.29 bits per heavy atom. The molecule has 6 heteroatoms. The molecule has 3 aromatic rings. The van der Waals surface area contributed by atoms with Crippen molar-refractivity contribution in [2.24, 2.45) is 0 Å². The second-order valence-corrected chi connectivity index (χ2v) is 6.00. The minimum absolute atomic E-state index is 0.0374. The molecule has 1 atom stereocenters. The summed E-state index contributed by atoms with van der Waals surface area (Å²) < 4.78 is 1.70. The number of carbonyl (C=O) groups is 1. The molecule has 1 aromatic carbocycles. The quantitative estimate of drug-likeness (QED) is 0.780. The Labute approximate surface area is 141 Å². The fraction of sp³-hybridized carbons (Fsp3) is 0.278. The Bertz CT molecular complexity index is 855. The normalized spacial score (nSPS) is 12.5. The zero-order valence-electron chi connectivity index (χ0n) is 14.1. The minimum atomic E-state index is -0.332. The number of aryl methyl sites for hydroxylation is 1. The summed E-state index contributed by atoms with van der Waals surface area (Å²) in [5, 5.41) is 7.25. The van der Waals surface area contributed by atoms with Crippen LogP contribution in [0.4, 0.5) is 0 Å². The number of likely N-dealkylation sites (N-methyl/N-ethyl adjacent to an activating group) is 1. The maximum absolute atomic E-state index is 12.8. The van der Waals surface area contributed by atoms with E-state index in [2.05, 4.69) is 15.4 Å². The first-order valence-corrected chi connectivity index (χ1v) is 7.85. The molecule has 0 unspecified atom stereocenters. The molecular formula is C18H21N5O. The smallest absolute Gasteiger partial charge is 0.242 e. The van der Waals surface area contributed by atoms with Crippen molar-refractivity contribution in [1.82, 2.24) is 24.8 Å². The SMILES string of the molecule is Cc1ccccc1[C@@H](C(=O)NCc1cnn2cccnc12)N(C)C. The Hall–Kier alpha value is -2.73. The van der Waals surface area contributed by atoms with Crippen LogP contribution in [-0.2, 0) is 11.3 Å². The van der Waals surface area contributed by atoms with Gasteiger partial charge in [0.05, 0.1) is 6.20 Å². The largest absolute Gasteiger partial charge is 0.350 e. The fourth-order valence-corrected chi connectivity index (χ4v) is 2.83. The van der Waals surface area contributed by atoms with E-state index in [4.69, 9.17) is 0 Å². The van der Waals surface area contributed by atoms with E-state index in [0.29, 0.717) is 6.54 Å². The number of amides is 1. The van der Waals surface area contributed by atoms with Crippen molar-refractivity contribution in [2.45, 2.75) is 19.5 Å². The van der Waals surface area contributed by atoms with E-state index in [1.807, 2.05) is 62.4 Å². The molecule has 0 bridgehead atoms. The average Bonchev–Trinajstić information content (AvgIpc) is 2.98. The lowest BCUT2D eigenvalue weighted by Crippen LogP contribution is -2.37. The van der Waals surface area contributed by atoms with Crippen LogP contribution in [0.5, 0.6) is 0 Å². The number of carbonyl (C=O) groups excluding carboxylic acids is 1. The van der Waals surface area contributed by atoms with Crippen LogP contribution in [0.25, 0.3) is 5.65 Å². The van der Waals surface area contributed by atoms with E-state index in [1.165, 1.54) is 0 Å². The minimum Gasteiger partial charge on any atom is -0.350 e. The molecule has 0 spiro atoms. The maximum Gasteiger partial charge on any atom is 0.242 e. The molecule has 0 saturated carbocycles.